The first-order valence-corrected chi connectivity index (χ1v) is 6.49. The average Bonchev–Trinajstić information content (AvgIpc) is 2.46. The number of nitriles is 1. The number of carbonyl (C=O) groups excluding carboxylic acids is 2. The lowest BCUT2D eigenvalue weighted by Gasteiger charge is -2.15. The van der Waals surface area contributed by atoms with Gasteiger partial charge in [-0.1, -0.05) is 13.8 Å². The van der Waals surface area contributed by atoms with Gasteiger partial charge in [-0.05, 0) is 37.6 Å². The lowest BCUT2D eigenvalue weighted by molar-refractivity contribution is -0.156. The van der Waals surface area contributed by atoms with Crippen molar-refractivity contribution in [3.63, 3.8) is 0 Å². The summed E-state index contributed by atoms with van der Waals surface area (Å²) in [6.07, 6.45) is -0.185. The molecule has 1 aromatic rings. The van der Waals surface area contributed by atoms with E-state index >= 15 is 0 Å². The maximum absolute atomic E-state index is 11.9. The van der Waals surface area contributed by atoms with Gasteiger partial charge in [0.2, 0.25) is 0 Å². The molecular weight excluding hydrogens is 256 g/mol. The maximum Gasteiger partial charge on any atom is 0.309 e. The molecule has 0 saturated carbocycles. The average molecular weight is 274 g/mol. The van der Waals surface area contributed by atoms with E-state index in [1.54, 1.807) is 31.2 Å². The Kier molecular flexibility index (Phi) is 5.73. The van der Waals surface area contributed by atoms with Gasteiger partial charge in [0.15, 0.2) is 6.10 Å². The number of ether oxygens (including phenoxy) is 1. The minimum atomic E-state index is -0.854. The van der Waals surface area contributed by atoms with Crippen molar-refractivity contribution in [2.75, 3.05) is 5.32 Å². The number of benzene rings is 1. The van der Waals surface area contributed by atoms with Crippen molar-refractivity contribution in [2.24, 2.45) is 5.92 Å². The Morgan fingerprint density at radius 3 is 2.40 bits per heavy atom. The molecule has 0 bridgehead atoms. The molecule has 0 aromatic heterocycles. The standard InChI is InChI=1S/C15H18N2O3/c1-4-10(2)15(19)20-11(3)14(18)17-13-7-5-12(9-16)6-8-13/h5-8,10-11H,4H2,1-3H3,(H,17,18)/t10-,11+/m1/s1. The molecule has 0 radical (unpaired) electrons. The van der Waals surface area contributed by atoms with Gasteiger partial charge in [0, 0.05) is 5.69 Å². The predicted molar refractivity (Wildman–Crippen MR) is 74.8 cm³/mol. The van der Waals surface area contributed by atoms with Gasteiger partial charge in [-0.2, -0.15) is 5.26 Å². The Labute approximate surface area is 118 Å². The Morgan fingerprint density at radius 1 is 1.30 bits per heavy atom. The van der Waals surface area contributed by atoms with E-state index in [1.165, 1.54) is 6.92 Å². The van der Waals surface area contributed by atoms with Crippen LogP contribution in [0.5, 0.6) is 0 Å². The van der Waals surface area contributed by atoms with E-state index in [1.807, 2.05) is 13.0 Å². The van der Waals surface area contributed by atoms with Crippen molar-refractivity contribution in [1.82, 2.24) is 0 Å². The van der Waals surface area contributed by atoms with Crippen LogP contribution in [0.3, 0.4) is 0 Å². The summed E-state index contributed by atoms with van der Waals surface area (Å²) < 4.78 is 5.08. The number of rotatable bonds is 5. The summed E-state index contributed by atoms with van der Waals surface area (Å²) in [5.74, 6) is -0.999. The lowest BCUT2D eigenvalue weighted by atomic mass is 10.1. The molecule has 0 aliphatic heterocycles. The molecule has 0 fully saturated rings. The molecule has 0 heterocycles. The third-order valence-corrected chi connectivity index (χ3v) is 2.96. The van der Waals surface area contributed by atoms with Gasteiger partial charge in [-0.15, -0.1) is 0 Å². The summed E-state index contributed by atoms with van der Waals surface area (Å²) in [5.41, 5.74) is 1.07. The third kappa shape index (κ3) is 4.39. The van der Waals surface area contributed by atoms with E-state index in [4.69, 9.17) is 10.00 Å². The zero-order valence-corrected chi connectivity index (χ0v) is 11.8. The summed E-state index contributed by atoms with van der Waals surface area (Å²) in [5, 5.41) is 11.3. The highest BCUT2D eigenvalue weighted by Gasteiger charge is 2.20. The second kappa shape index (κ2) is 7.29. The van der Waals surface area contributed by atoms with Crippen molar-refractivity contribution >= 4 is 17.6 Å². The summed E-state index contributed by atoms with van der Waals surface area (Å²) in [6.45, 7) is 5.17. The van der Waals surface area contributed by atoms with E-state index in [2.05, 4.69) is 5.32 Å². The first-order valence-electron chi connectivity index (χ1n) is 6.49. The van der Waals surface area contributed by atoms with Gasteiger partial charge in [0.05, 0.1) is 17.6 Å². The fourth-order valence-corrected chi connectivity index (χ4v) is 1.38. The monoisotopic (exact) mass is 274 g/mol. The topological polar surface area (TPSA) is 79.2 Å². The van der Waals surface area contributed by atoms with E-state index < -0.39 is 12.0 Å². The largest absolute Gasteiger partial charge is 0.452 e. The summed E-state index contributed by atoms with van der Waals surface area (Å²) >= 11 is 0. The molecule has 2 atom stereocenters. The molecule has 1 rings (SSSR count). The van der Waals surface area contributed by atoms with Gasteiger partial charge in [0.1, 0.15) is 0 Å². The molecule has 1 N–H and O–H groups in total. The summed E-state index contributed by atoms with van der Waals surface area (Å²) in [6, 6.07) is 8.45. The SMILES string of the molecule is CC[C@@H](C)C(=O)O[C@@H](C)C(=O)Nc1ccc(C#N)cc1. The Balaban J connectivity index is 2.57. The number of hydrogen-bond acceptors (Lipinski definition) is 4. The summed E-state index contributed by atoms with van der Waals surface area (Å²) in [7, 11) is 0. The molecule has 0 aliphatic rings. The van der Waals surface area contributed by atoms with Crippen LogP contribution < -0.4 is 5.32 Å². The second-order valence-corrected chi connectivity index (χ2v) is 4.57. The van der Waals surface area contributed by atoms with Crippen LogP contribution in [0.4, 0.5) is 5.69 Å². The van der Waals surface area contributed by atoms with Crippen LogP contribution in [0.15, 0.2) is 24.3 Å². The second-order valence-electron chi connectivity index (χ2n) is 4.57. The molecule has 0 saturated heterocycles. The number of hydrogen-bond donors (Lipinski definition) is 1. The minimum absolute atomic E-state index is 0.222. The quantitative estimate of drug-likeness (QED) is 0.836. The highest BCUT2D eigenvalue weighted by Crippen LogP contribution is 2.11. The van der Waals surface area contributed by atoms with Crippen LogP contribution in [-0.2, 0) is 14.3 Å². The number of nitrogens with one attached hydrogen (secondary N) is 1. The van der Waals surface area contributed by atoms with Crippen LogP contribution >= 0.6 is 0 Å². The van der Waals surface area contributed by atoms with Crippen LogP contribution in [0.2, 0.25) is 0 Å². The van der Waals surface area contributed by atoms with Crippen LogP contribution in [0.1, 0.15) is 32.8 Å². The van der Waals surface area contributed by atoms with Gasteiger partial charge in [0.25, 0.3) is 5.91 Å². The Hall–Kier alpha value is -2.35. The smallest absolute Gasteiger partial charge is 0.309 e. The lowest BCUT2D eigenvalue weighted by Crippen LogP contribution is -2.31. The molecule has 0 unspecified atom stereocenters. The van der Waals surface area contributed by atoms with Crippen molar-refractivity contribution in [2.45, 2.75) is 33.3 Å². The third-order valence-electron chi connectivity index (χ3n) is 2.96. The predicted octanol–water partition coefficient (Wildman–Crippen LogP) is 2.47. The Morgan fingerprint density at radius 2 is 1.90 bits per heavy atom. The van der Waals surface area contributed by atoms with Crippen LogP contribution in [0, 0.1) is 17.2 Å². The highest BCUT2D eigenvalue weighted by molar-refractivity contribution is 5.95. The molecule has 1 aromatic carbocycles. The molecule has 20 heavy (non-hydrogen) atoms. The highest BCUT2D eigenvalue weighted by atomic mass is 16.5. The van der Waals surface area contributed by atoms with Crippen molar-refractivity contribution in [3.8, 4) is 6.07 Å². The van der Waals surface area contributed by atoms with Gasteiger partial charge < -0.3 is 10.1 Å². The zero-order valence-electron chi connectivity index (χ0n) is 11.8. The normalized spacial score (nSPS) is 12.9. The number of nitrogens with zero attached hydrogens (tertiary/aromatic N) is 1. The maximum atomic E-state index is 11.9. The van der Waals surface area contributed by atoms with Crippen molar-refractivity contribution in [3.05, 3.63) is 29.8 Å². The van der Waals surface area contributed by atoms with E-state index in [-0.39, 0.29) is 11.9 Å². The molecule has 5 heteroatoms. The first-order chi connectivity index (χ1) is 9.47. The van der Waals surface area contributed by atoms with Crippen molar-refractivity contribution < 1.29 is 14.3 Å². The fourth-order valence-electron chi connectivity index (χ4n) is 1.38. The zero-order chi connectivity index (χ0) is 15.1. The van der Waals surface area contributed by atoms with E-state index in [9.17, 15) is 9.59 Å². The molecule has 0 spiro atoms. The Bertz CT molecular complexity index is 517. The summed E-state index contributed by atoms with van der Waals surface area (Å²) in [4.78, 5) is 23.4. The number of carbonyl (C=O) groups is 2. The number of esters is 1. The van der Waals surface area contributed by atoms with Gasteiger partial charge >= 0.3 is 5.97 Å². The molecule has 0 aliphatic carbocycles. The molecule has 1 amide bonds. The van der Waals surface area contributed by atoms with E-state index in [0.29, 0.717) is 17.7 Å². The van der Waals surface area contributed by atoms with E-state index in [0.717, 1.165) is 0 Å². The fraction of sp³-hybridized carbons (Fsp3) is 0.400. The van der Waals surface area contributed by atoms with Gasteiger partial charge in [-0.25, -0.2) is 0 Å². The molecular formula is C15H18N2O3. The van der Waals surface area contributed by atoms with Crippen LogP contribution in [0.25, 0.3) is 0 Å². The first kappa shape index (κ1) is 15.7. The number of amides is 1. The molecule has 5 nitrogen and oxygen atoms in total. The number of anilines is 1. The molecule has 106 valence electrons. The van der Waals surface area contributed by atoms with Gasteiger partial charge in [-0.3, -0.25) is 9.59 Å². The van der Waals surface area contributed by atoms with Crippen LogP contribution in [-0.4, -0.2) is 18.0 Å². The minimum Gasteiger partial charge on any atom is -0.452 e. The van der Waals surface area contributed by atoms with Crippen molar-refractivity contribution in [1.29, 1.82) is 5.26 Å².